The predicted octanol–water partition coefficient (Wildman–Crippen LogP) is 7.95. The van der Waals surface area contributed by atoms with Gasteiger partial charge in [0.15, 0.2) is 0 Å². The Kier molecular flexibility index (Phi) is 11.9. The van der Waals surface area contributed by atoms with E-state index in [4.69, 9.17) is 4.74 Å². The lowest BCUT2D eigenvalue weighted by Crippen LogP contribution is -2.19. The number of hydrogen-bond acceptors (Lipinski definition) is 2. The number of carbonyl (C=O) groups is 1. The second kappa shape index (κ2) is 13.6. The third kappa shape index (κ3) is 10.1. The predicted molar refractivity (Wildman–Crippen MR) is 107 cm³/mol. The highest BCUT2D eigenvalue weighted by atomic mass is 19.4. The van der Waals surface area contributed by atoms with E-state index in [0.717, 1.165) is 44.2 Å². The van der Waals surface area contributed by atoms with Gasteiger partial charge in [0.1, 0.15) is 6.10 Å². The lowest BCUT2D eigenvalue weighted by atomic mass is 10.0. The topological polar surface area (TPSA) is 26.3 Å². The van der Waals surface area contributed by atoms with Gasteiger partial charge in [-0.05, 0) is 37.5 Å². The van der Waals surface area contributed by atoms with Crippen molar-refractivity contribution in [3.63, 3.8) is 0 Å². The van der Waals surface area contributed by atoms with Crippen molar-refractivity contribution in [1.29, 1.82) is 0 Å². The van der Waals surface area contributed by atoms with Gasteiger partial charge in [0, 0.05) is 0 Å². The Balaban J connectivity index is 2.38. The summed E-state index contributed by atoms with van der Waals surface area (Å²) in [6, 6.07) is 4.44. The first kappa shape index (κ1) is 24.5. The van der Waals surface area contributed by atoms with Crippen LogP contribution in [0.3, 0.4) is 0 Å². The smallest absolute Gasteiger partial charge is 0.416 e. The van der Waals surface area contributed by atoms with Gasteiger partial charge in [-0.1, -0.05) is 77.7 Å². The third-order valence-electron chi connectivity index (χ3n) is 4.94. The molecule has 1 unspecified atom stereocenters. The molecule has 1 aromatic carbocycles. The summed E-state index contributed by atoms with van der Waals surface area (Å²) >= 11 is 0. The van der Waals surface area contributed by atoms with E-state index in [1.165, 1.54) is 57.1 Å². The summed E-state index contributed by atoms with van der Waals surface area (Å²) in [5.41, 5.74) is -0.865. The minimum atomic E-state index is -4.46. The lowest BCUT2D eigenvalue weighted by Gasteiger charge is -2.18. The fraction of sp³-hybridized carbons (Fsp3) is 0.696. The molecule has 0 spiro atoms. The molecule has 0 aliphatic heterocycles. The van der Waals surface area contributed by atoms with Crippen LogP contribution in [0.5, 0.6) is 0 Å². The summed E-state index contributed by atoms with van der Waals surface area (Å²) < 4.78 is 44.0. The molecular weight excluding hydrogens is 365 g/mol. The molecule has 1 aromatic rings. The average Bonchev–Trinajstić information content (AvgIpc) is 2.66. The molecule has 0 amide bonds. The first-order valence-electron chi connectivity index (χ1n) is 10.8. The number of halogens is 3. The fourth-order valence-electron chi connectivity index (χ4n) is 3.31. The van der Waals surface area contributed by atoms with Crippen LogP contribution in [0, 0.1) is 0 Å². The molecule has 0 saturated carbocycles. The molecule has 1 rings (SSSR count). The highest BCUT2D eigenvalue weighted by Crippen LogP contribution is 2.30. The Bertz CT molecular complexity index is 555. The monoisotopic (exact) mass is 400 g/mol. The molecule has 160 valence electrons. The Morgan fingerprint density at radius 1 is 0.893 bits per heavy atom. The molecule has 0 aliphatic rings. The minimum Gasteiger partial charge on any atom is -0.459 e. The Hall–Kier alpha value is -1.52. The molecule has 0 aliphatic carbocycles. The van der Waals surface area contributed by atoms with Crippen LogP contribution in [-0.4, -0.2) is 12.1 Å². The van der Waals surface area contributed by atoms with Crippen molar-refractivity contribution in [2.75, 3.05) is 0 Å². The van der Waals surface area contributed by atoms with E-state index in [0.29, 0.717) is 0 Å². The van der Waals surface area contributed by atoms with Gasteiger partial charge in [-0.25, -0.2) is 4.79 Å². The van der Waals surface area contributed by atoms with E-state index in [2.05, 4.69) is 6.92 Å². The molecule has 0 heterocycles. The zero-order chi connectivity index (χ0) is 20.8. The number of hydrogen-bond donors (Lipinski definition) is 0. The van der Waals surface area contributed by atoms with Gasteiger partial charge in [-0.15, -0.1) is 0 Å². The van der Waals surface area contributed by atoms with Crippen molar-refractivity contribution in [2.45, 2.75) is 103 Å². The first-order valence-corrected chi connectivity index (χ1v) is 10.8. The number of benzene rings is 1. The van der Waals surface area contributed by atoms with E-state index < -0.39 is 17.7 Å². The number of carbonyl (C=O) groups excluding carboxylic acids is 1. The fourth-order valence-corrected chi connectivity index (χ4v) is 3.31. The Morgan fingerprint density at radius 3 is 2.07 bits per heavy atom. The van der Waals surface area contributed by atoms with Crippen molar-refractivity contribution in [1.82, 2.24) is 0 Å². The Morgan fingerprint density at radius 2 is 1.50 bits per heavy atom. The zero-order valence-corrected chi connectivity index (χ0v) is 17.3. The van der Waals surface area contributed by atoms with Gasteiger partial charge < -0.3 is 4.74 Å². The number of esters is 1. The number of unbranched alkanes of at least 4 members (excludes halogenated alkanes) is 8. The molecule has 0 saturated heterocycles. The van der Waals surface area contributed by atoms with Crippen molar-refractivity contribution >= 4 is 5.97 Å². The van der Waals surface area contributed by atoms with Crippen molar-refractivity contribution in [3.05, 3.63) is 35.4 Å². The van der Waals surface area contributed by atoms with E-state index in [1.807, 2.05) is 6.92 Å². The van der Waals surface area contributed by atoms with Gasteiger partial charge in [0.2, 0.25) is 0 Å². The summed E-state index contributed by atoms with van der Waals surface area (Å²) in [5.74, 6) is -0.666. The highest BCUT2D eigenvalue weighted by molar-refractivity contribution is 5.89. The Labute approximate surface area is 167 Å². The highest BCUT2D eigenvalue weighted by Gasteiger charge is 2.31. The average molecular weight is 401 g/mol. The maximum Gasteiger partial charge on any atom is 0.416 e. The van der Waals surface area contributed by atoms with Crippen LogP contribution in [0.4, 0.5) is 13.2 Å². The normalized spacial score (nSPS) is 12.8. The summed E-state index contributed by atoms with van der Waals surface area (Å²) in [6.45, 7) is 4.23. The van der Waals surface area contributed by atoms with Crippen molar-refractivity contribution in [2.24, 2.45) is 0 Å². The zero-order valence-electron chi connectivity index (χ0n) is 17.3. The second-order valence-corrected chi connectivity index (χ2v) is 7.51. The van der Waals surface area contributed by atoms with Gasteiger partial charge in [0.25, 0.3) is 0 Å². The molecule has 0 N–H and O–H groups in total. The summed E-state index contributed by atoms with van der Waals surface area (Å²) in [6.07, 6.45) is 8.70. The van der Waals surface area contributed by atoms with Gasteiger partial charge in [0.05, 0.1) is 11.1 Å². The van der Waals surface area contributed by atoms with E-state index in [-0.39, 0.29) is 11.7 Å². The molecule has 0 fully saturated rings. The van der Waals surface area contributed by atoms with Crippen LogP contribution in [0.2, 0.25) is 0 Å². The van der Waals surface area contributed by atoms with Crippen LogP contribution >= 0.6 is 0 Å². The molecule has 5 heteroatoms. The molecule has 0 radical (unpaired) electrons. The number of alkyl halides is 3. The maximum atomic E-state index is 12.8. The molecule has 28 heavy (non-hydrogen) atoms. The van der Waals surface area contributed by atoms with Crippen molar-refractivity contribution in [3.8, 4) is 0 Å². The van der Waals surface area contributed by atoms with Crippen LogP contribution in [0.1, 0.15) is 107 Å². The second-order valence-electron chi connectivity index (χ2n) is 7.51. The SMILES string of the molecule is CCCCCCCCCCCC(CCC)OC(=O)c1cccc(C(F)(F)F)c1. The lowest BCUT2D eigenvalue weighted by molar-refractivity contribution is -0.137. The van der Waals surface area contributed by atoms with Gasteiger partial charge in [-0.2, -0.15) is 13.2 Å². The van der Waals surface area contributed by atoms with Gasteiger partial charge >= 0.3 is 12.1 Å². The molecular formula is C23H35F3O2. The summed E-state index contributed by atoms with van der Waals surface area (Å²) in [4.78, 5) is 12.3. The van der Waals surface area contributed by atoms with E-state index in [1.54, 1.807) is 0 Å². The third-order valence-corrected chi connectivity index (χ3v) is 4.94. The number of rotatable bonds is 14. The first-order chi connectivity index (χ1) is 13.4. The largest absolute Gasteiger partial charge is 0.459 e. The quantitative estimate of drug-likeness (QED) is 0.234. The van der Waals surface area contributed by atoms with Gasteiger partial charge in [-0.3, -0.25) is 0 Å². The molecule has 0 aromatic heterocycles. The van der Waals surface area contributed by atoms with E-state index >= 15 is 0 Å². The molecule has 2 nitrogen and oxygen atoms in total. The molecule has 0 bridgehead atoms. The number of ether oxygens (including phenoxy) is 1. The van der Waals surface area contributed by atoms with Crippen molar-refractivity contribution < 1.29 is 22.7 Å². The van der Waals surface area contributed by atoms with Crippen LogP contribution in [0.25, 0.3) is 0 Å². The standard InChI is InChI=1S/C23H35F3O2/c1-3-5-6-7-8-9-10-11-12-17-21(14-4-2)28-22(27)19-15-13-16-20(18-19)23(24,25)26/h13,15-16,18,21H,3-12,14,17H2,1-2H3. The van der Waals surface area contributed by atoms with E-state index in [9.17, 15) is 18.0 Å². The van der Waals surface area contributed by atoms with Crippen LogP contribution < -0.4 is 0 Å². The summed E-state index contributed by atoms with van der Waals surface area (Å²) in [7, 11) is 0. The molecule has 1 atom stereocenters. The van der Waals surface area contributed by atoms with Crippen LogP contribution in [-0.2, 0) is 10.9 Å². The van der Waals surface area contributed by atoms with Crippen LogP contribution in [0.15, 0.2) is 24.3 Å². The maximum absolute atomic E-state index is 12.8. The minimum absolute atomic E-state index is 0.0389. The summed E-state index contributed by atoms with van der Waals surface area (Å²) in [5, 5.41) is 0.